The van der Waals surface area contributed by atoms with Gasteiger partial charge in [-0.15, -0.1) is 0 Å². The predicted octanol–water partition coefficient (Wildman–Crippen LogP) is 3.85. The molecule has 27 heavy (non-hydrogen) atoms. The maximum atomic E-state index is 13.4. The molecule has 0 N–H and O–H groups in total. The highest BCUT2D eigenvalue weighted by Gasteiger charge is 2.65. The number of carbonyl (C=O) groups is 3. The Morgan fingerprint density at radius 1 is 1.11 bits per heavy atom. The molecule has 2 saturated carbocycles. The van der Waals surface area contributed by atoms with Crippen LogP contribution in [0.15, 0.2) is 11.6 Å². The van der Waals surface area contributed by atoms with E-state index in [-0.39, 0.29) is 28.1 Å². The minimum absolute atomic E-state index is 0.0274. The molecule has 0 radical (unpaired) electrons. The summed E-state index contributed by atoms with van der Waals surface area (Å²) < 4.78 is 10.5. The van der Waals surface area contributed by atoms with Crippen molar-refractivity contribution < 1.29 is 23.9 Å². The maximum absolute atomic E-state index is 13.4. The van der Waals surface area contributed by atoms with E-state index in [0.29, 0.717) is 12.3 Å². The van der Waals surface area contributed by atoms with Crippen LogP contribution in [-0.2, 0) is 23.9 Å². The first-order valence-electron chi connectivity index (χ1n) is 9.99. The molecular formula is C22H32O5. The summed E-state index contributed by atoms with van der Waals surface area (Å²) in [5.74, 6) is -0.874. The van der Waals surface area contributed by atoms with Crippen molar-refractivity contribution in [3.05, 3.63) is 11.6 Å². The highest BCUT2D eigenvalue weighted by molar-refractivity contribution is 6.20. The standard InChI is InChI=1S/C22H32O5/c1-13(23)27-15-12-14(19(25)26-6)18(24)22(5)11-8-16-20(2,3)9-7-10-21(16,4)17(15)22/h12,15-17H,7-11H2,1-6H3. The quantitative estimate of drug-likeness (QED) is 0.541. The van der Waals surface area contributed by atoms with Gasteiger partial charge in [0.05, 0.1) is 7.11 Å². The van der Waals surface area contributed by atoms with Crippen molar-refractivity contribution in [3.63, 3.8) is 0 Å². The third kappa shape index (κ3) is 2.94. The molecule has 0 aromatic carbocycles. The number of hydrogen-bond acceptors (Lipinski definition) is 5. The second-order valence-corrected chi connectivity index (χ2v) is 9.81. The van der Waals surface area contributed by atoms with Crippen molar-refractivity contribution in [3.8, 4) is 0 Å². The Balaban J connectivity index is 2.15. The Bertz CT molecular complexity index is 705. The van der Waals surface area contributed by atoms with Gasteiger partial charge in [-0.1, -0.05) is 34.1 Å². The molecule has 0 saturated heterocycles. The van der Waals surface area contributed by atoms with Gasteiger partial charge in [-0.2, -0.15) is 0 Å². The first-order valence-corrected chi connectivity index (χ1v) is 9.99. The summed E-state index contributed by atoms with van der Waals surface area (Å²) in [6.07, 6.45) is 5.90. The molecule has 150 valence electrons. The first-order chi connectivity index (χ1) is 12.5. The van der Waals surface area contributed by atoms with Gasteiger partial charge in [0, 0.05) is 18.3 Å². The van der Waals surface area contributed by atoms with Gasteiger partial charge in [0.2, 0.25) is 0 Å². The fourth-order valence-electron chi connectivity index (χ4n) is 6.79. The minimum atomic E-state index is -0.725. The van der Waals surface area contributed by atoms with E-state index < -0.39 is 23.5 Å². The lowest BCUT2D eigenvalue weighted by molar-refractivity contribution is -0.186. The highest BCUT2D eigenvalue weighted by Crippen LogP contribution is 2.66. The molecule has 0 spiro atoms. The zero-order chi connectivity index (χ0) is 20.2. The van der Waals surface area contributed by atoms with Crippen LogP contribution in [0.3, 0.4) is 0 Å². The monoisotopic (exact) mass is 376 g/mol. The second kappa shape index (κ2) is 6.46. The molecule has 3 aliphatic carbocycles. The Morgan fingerprint density at radius 2 is 1.78 bits per heavy atom. The van der Waals surface area contributed by atoms with Crippen LogP contribution in [0.5, 0.6) is 0 Å². The smallest absolute Gasteiger partial charge is 0.341 e. The lowest BCUT2D eigenvalue weighted by Crippen LogP contribution is -2.62. The van der Waals surface area contributed by atoms with Gasteiger partial charge >= 0.3 is 11.9 Å². The van der Waals surface area contributed by atoms with E-state index >= 15 is 0 Å². The first kappa shape index (κ1) is 20.1. The molecule has 0 aromatic heterocycles. The van der Waals surface area contributed by atoms with Crippen molar-refractivity contribution in [2.24, 2.45) is 28.1 Å². The molecule has 0 bridgehead atoms. The van der Waals surface area contributed by atoms with E-state index in [1.807, 2.05) is 6.92 Å². The number of fused-ring (bicyclic) bond motifs is 3. The fraction of sp³-hybridized carbons (Fsp3) is 0.773. The predicted molar refractivity (Wildman–Crippen MR) is 101 cm³/mol. The Morgan fingerprint density at radius 3 is 2.37 bits per heavy atom. The lowest BCUT2D eigenvalue weighted by atomic mass is 9.40. The van der Waals surface area contributed by atoms with E-state index in [0.717, 1.165) is 19.3 Å². The number of Topliss-reactive ketones (excluding diaryl/α,β-unsaturated/α-hetero) is 1. The van der Waals surface area contributed by atoms with Crippen LogP contribution >= 0.6 is 0 Å². The van der Waals surface area contributed by atoms with Crippen molar-refractivity contribution in [2.45, 2.75) is 72.8 Å². The molecule has 5 atom stereocenters. The summed E-state index contributed by atoms with van der Waals surface area (Å²) in [6.45, 7) is 10.2. The summed E-state index contributed by atoms with van der Waals surface area (Å²) >= 11 is 0. The van der Waals surface area contributed by atoms with Crippen molar-refractivity contribution in [2.75, 3.05) is 7.11 Å². The van der Waals surface area contributed by atoms with Crippen LogP contribution in [0.4, 0.5) is 0 Å². The number of esters is 2. The van der Waals surface area contributed by atoms with Crippen molar-refractivity contribution in [1.82, 2.24) is 0 Å². The van der Waals surface area contributed by atoms with Crippen LogP contribution in [0.1, 0.15) is 66.7 Å². The lowest BCUT2D eigenvalue weighted by Gasteiger charge is -2.63. The van der Waals surface area contributed by atoms with E-state index in [9.17, 15) is 14.4 Å². The SMILES string of the molecule is COC(=O)C1=CC(OC(C)=O)C2C(C)(CCC3C(C)(C)CCCC32C)C1=O. The van der Waals surface area contributed by atoms with Crippen molar-refractivity contribution >= 4 is 17.7 Å². The van der Waals surface area contributed by atoms with Crippen LogP contribution in [0, 0.1) is 28.1 Å². The van der Waals surface area contributed by atoms with E-state index in [1.54, 1.807) is 6.08 Å². The number of ketones is 1. The largest absolute Gasteiger partial charge is 0.465 e. The third-order valence-electron chi connectivity index (χ3n) is 7.76. The summed E-state index contributed by atoms with van der Waals surface area (Å²) in [5, 5.41) is 0. The molecule has 5 heteroatoms. The van der Waals surface area contributed by atoms with E-state index in [2.05, 4.69) is 20.8 Å². The van der Waals surface area contributed by atoms with Gasteiger partial charge in [0.25, 0.3) is 0 Å². The van der Waals surface area contributed by atoms with Gasteiger partial charge in [0.1, 0.15) is 11.7 Å². The van der Waals surface area contributed by atoms with Gasteiger partial charge in [0.15, 0.2) is 5.78 Å². The van der Waals surface area contributed by atoms with Crippen LogP contribution in [-0.4, -0.2) is 30.9 Å². The summed E-state index contributed by atoms with van der Waals surface area (Å²) in [7, 11) is 1.27. The zero-order valence-corrected chi connectivity index (χ0v) is 17.4. The number of carbonyl (C=O) groups excluding carboxylic acids is 3. The molecule has 0 amide bonds. The molecule has 3 aliphatic rings. The van der Waals surface area contributed by atoms with Crippen LogP contribution in [0.25, 0.3) is 0 Å². The topological polar surface area (TPSA) is 69.7 Å². The van der Waals surface area contributed by atoms with Crippen LogP contribution in [0.2, 0.25) is 0 Å². The van der Waals surface area contributed by atoms with Gasteiger partial charge in [-0.25, -0.2) is 4.79 Å². The van der Waals surface area contributed by atoms with Crippen molar-refractivity contribution in [1.29, 1.82) is 0 Å². The van der Waals surface area contributed by atoms with E-state index in [4.69, 9.17) is 9.47 Å². The Labute approximate surface area is 161 Å². The summed E-state index contributed by atoms with van der Waals surface area (Å²) in [5.41, 5.74) is -0.635. The fourth-order valence-corrected chi connectivity index (χ4v) is 6.79. The highest BCUT2D eigenvalue weighted by atomic mass is 16.5. The number of rotatable bonds is 2. The molecular weight excluding hydrogens is 344 g/mol. The minimum Gasteiger partial charge on any atom is -0.465 e. The number of hydrogen-bond donors (Lipinski definition) is 0. The molecule has 3 rings (SSSR count). The Hall–Kier alpha value is -1.65. The van der Waals surface area contributed by atoms with Gasteiger partial charge in [-0.05, 0) is 48.5 Å². The summed E-state index contributed by atoms with van der Waals surface area (Å²) in [4.78, 5) is 37.5. The number of methoxy groups -OCH3 is 1. The van der Waals surface area contributed by atoms with E-state index in [1.165, 1.54) is 20.5 Å². The van der Waals surface area contributed by atoms with Gasteiger partial charge < -0.3 is 9.47 Å². The maximum Gasteiger partial charge on any atom is 0.341 e. The van der Waals surface area contributed by atoms with Crippen LogP contribution < -0.4 is 0 Å². The average molecular weight is 376 g/mol. The molecule has 0 aliphatic heterocycles. The molecule has 2 fully saturated rings. The molecule has 5 unspecified atom stereocenters. The number of ether oxygens (including phenoxy) is 2. The molecule has 0 aromatic rings. The Kier molecular flexibility index (Phi) is 4.80. The third-order valence-corrected chi connectivity index (χ3v) is 7.76. The molecule has 0 heterocycles. The summed E-state index contributed by atoms with van der Waals surface area (Å²) in [6, 6.07) is 0. The molecule has 5 nitrogen and oxygen atoms in total. The average Bonchev–Trinajstić information content (AvgIpc) is 2.55. The second-order valence-electron chi connectivity index (χ2n) is 9.81. The normalized spacial score (nSPS) is 40.3. The zero-order valence-electron chi connectivity index (χ0n) is 17.4. The van der Waals surface area contributed by atoms with Gasteiger partial charge in [-0.3, -0.25) is 9.59 Å².